The highest BCUT2D eigenvalue weighted by molar-refractivity contribution is 5.39. The topological polar surface area (TPSA) is 51.1 Å². The van der Waals surface area contributed by atoms with Gasteiger partial charge in [-0.05, 0) is 44.9 Å². The molecule has 5 heteroatoms. The summed E-state index contributed by atoms with van der Waals surface area (Å²) >= 11 is 0. The Bertz CT molecular complexity index is 632. The Hall–Kier alpha value is -2.01. The molecule has 1 aliphatic heterocycles. The van der Waals surface area contributed by atoms with Gasteiger partial charge in [-0.15, -0.1) is 0 Å². The van der Waals surface area contributed by atoms with Crippen molar-refractivity contribution < 1.29 is 4.74 Å². The molecule has 0 spiro atoms. The first-order valence-corrected chi connectivity index (χ1v) is 7.78. The molecule has 0 radical (unpaired) electrons. The van der Waals surface area contributed by atoms with E-state index >= 15 is 0 Å². The van der Waals surface area contributed by atoms with Gasteiger partial charge < -0.3 is 9.64 Å². The number of hydrogen-bond acceptors (Lipinski definition) is 5. The molecule has 2 aromatic rings. The van der Waals surface area contributed by atoms with Gasteiger partial charge in [0.05, 0.1) is 12.7 Å². The van der Waals surface area contributed by atoms with Gasteiger partial charge in [0, 0.05) is 30.2 Å². The standard InChI is InChI=1S/C17H22N4O/c1-13-4-3-5-17(20-13)21-8-9-22-16(11-21)7-6-15-10-14(2)18-12-19-15/h3-5,10,12,16H,6-9,11H2,1-2H3. The van der Waals surface area contributed by atoms with Gasteiger partial charge in [0.15, 0.2) is 0 Å². The molecule has 1 aliphatic rings. The molecule has 0 aliphatic carbocycles. The number of rotatable bonds is 4. The highest BCUT2D eigenvalue weighted by Crippen LogP contribution is 2.18. The van der Waals surface area contributed by atoms with Crippen molar-refractivity contribution in [3.8, 4) is 0 Å². The zero-order valence-electron chi connectivity index (χ0n) is 13.2. The van der Waals surface area contributed by atoms with Gasteiger partial charge in [-0.25, -0.2) is 15.0 Å². The maximum absolute atomic E-state index is 5.90. The van der Waals surface area contributed by atoms with Crippen LogP contribution in [0.1, 0.15) is 23.5 Å². The van der Waals surface area contributed by atoms with Crippen molar-refractivity contribution in [3.05, 3.63) is 47.7 Å². The van der Waals surface area contributed by atoms with Gasteiger partial charge in [0.1, 0.15) is 12.1 Å². The van der Waals surface area contributed by atoms with Crippen LogP contribution in [0.25, 0.3) is 0 Å². The number of aryl methyl sites for hydroxylation is 3. The average Bonchev–Trinajstić information content (AvgIpc) is 2.53. The third-order valence-corrected chi connectivity index (χ3v) is 3.92. The number of nitrogens with zero attached hydrogens (tertiary/aromatic N) is 4. The van der Waals surface area contributed by atoms with Gasteiger partial charge in [0.25, 0.3) is 0 Å². The van der Waals surface area contributed by atoms with Crippen LogP contribution < -0.4 is 4.90 Å². The molecular weight excluding hydrogens is 276 g/mol. The van der Waals surface area contributed by atoms with E-state index in [1.807, 2.05) is 26.0 Å². The smallest absolute Gasteiger partial charge is 0.128 e. The first-order chi connectivity index (χ1) is 10.7. The quantitative estimate of drug-likeness (QED) is 0.867. The number of anilines is 1. The molecule has 1 unspecified atom stereocenters. The molecule has 22 heavy (non-hydrogen) atoms. The fourth-order valence-corrected chi connectivity index (χ4v) is 2.76. The van der Waals surface area contributed by atoms with Gasteiger partial charge in [0.2, 0.25) is 0 Å². The van der Waals surface area contributed by atoms with Crippen LogP contribution in [0.15, 0.2) is 30.6 Å². The van der Waals surface area contributed by atoms with Gasteiger partial charge in [-0.3, -0.25) is 0 Å². The van der Waals surface area contributed by atoms with E-state index < -0.39 is 0 Å². The van der Waals surface area contributed by atoms with E-state index in [1.54, 1.807) is 6.33 Å². The predicted octanol–water partition coefficient (Wildman–Crippen LogP) is 2.33. The Morgan fingerprint density at radius 2 is 2.14 bits per heavy atom. The van der Waals surface area contributed by atoms with E-state index in [9.17, 15) is 0 Å². The second-order valence-corrected chi connectivity index (χ2v) is 5.77. The molecule has 0 bridgehead atoms. The Labute approximate surface area is 131 Å². The minimum atomic E-state index is 0.228. The normalized spacial score (nSPS) is 18.5. The summed E-state index contributed by atoms with van der Waals surface area (Å²) in [6.45, 7) is 6.56. The third-order valence-electron chi connectivity index (χ3n) is 3.92. The second-order valence-electron chi connectivity index (χ2n) is 5.77. The van der Waals surface area contributed by atoms with Gasteiger partial charge in [-0.2, -0.15) is 0 Å². The van der Waals surface area contributed by atoms with Crippen LogP contribution in [0.4, 0.5) is 5.82 Å². The lowest BCUT2D eigenvalue weighted by Crippen LogP contribution is -2.43. The lowest BCUT2D eigenvalue weighted by Gasteiger charge is -2.34. The lowest BCUT2D eigenvalue weighted by atomic mass is 10.1. The molecule has 5 nitrogen and oxygen atoms in total. The van der Waals surface area contributed by atoms with E-state index in [0.29, 0.717) is 0 Å². The van der Waals surface area contributed by atoms with Crippen LogP contribution >= 0.6 is 0 Å². The third kappa shape index (κ3) is 3.80. The minimum Gasteiger partial charge on any atom is -0.375 e. The fourth-order valence-electron chi connectivity index (χ4n) is 2.76. The number of pyridine rings is 1. The largest absolute Gasteiger partial charge is 0.375 e. The zero-order chi connectivity index (χ0) is 15.4. The summed E-state index contributed by atoms with van der Waals surface area (Å²) in [6, 6.07) is 8.20. The molecule has 3 heterocycles. The van der Waals surface area contributed by atoms with Crippen molar-refractivity contribution in [1.82, 2.24) is 15.0 Å². The molecule has 0 N–H and O–H groups in total. The average molecular weight is 298 g/mol. The molecule has 0 aromatic carbocycles. The van der Waals surface area contributed by atoms with Crippen molar-refractivity contribution in [2.75, 3.05) is 24.6 Å². The Balaban J connectivity index is 1.59. The number of aromatic nitrogens is 3. The second kappa shape index (κ2) is 6.83. The van der Waals surface area contributed by atoms with Crippen molar-refractivity contribution in [3.63, 3.8) is 0 Å². The minimum absolute atomic E-state index is 0.228. The molecule has 1 fully saturated rings. The SMILES string of the molecule is Cc1cc(CCC2CN(c3cccc(C)n3)CCO2)ncn1. The lowest BCUT2D eigenvalue weighted by molar-refractivity contribution is 0.0350. The van der Waals surface area contributed by atoms with Crippen LogP contribution in [0, 0.1) is 13.8 Å². The molecule has 3 rings (SSSR count). The van der Waals surface area contributed by atoms with Gasteiger partial charge >= 0.3 is 0 Å². The van der Waals surface area contributed by atoms with E-state index in [4.69, 9.17) is 4.74 Å². The molecule has 0 amide bonds. The summed E-state index contributed by atoms with van der Waals surface area (Å²) in [6.07, 6.45) is 3.75. The van der Waals surface area contributed by atoms with Crippen LogP contribution in [-0.4, -0.2) is 40.8 Å². The molecule has 116 valence electrons. The van der Waals surface area contributed by atoms with Crippen molar-refractivity contribution >= 4 is 5.82 Å². The molecular formula is C17H22N4O. The predicted molar refractivity (Wildman–Crippen MR) is 86.0 cm³/mol. The van der Waals surface area contributed by atoms with Crippen LogP contribution in [0.5, 0.6) is 0 Å². The van der Waals surface area contributed by atoms with Crippen molar-refractivity contribution in [2.45, 2.75) is 32.8 Å². The monoisotopic (exact) mass is 298 g/mol. The van der Waals surface area contributed by atoms with Crippen molar-refractivity contribution in [2.24, 2.45) is 0 Å². The zero-order valence-corrected chi connectivity index (χ0v) is 13.2. The highest BCUT2D eigenvalue weighted by Gasteiger charge is 2.21. The summed E-state index contributed by atoms with van der Waals surface area (Å²) in [5.41, 5.74) is 3.15. The van der Waals surface area contributed by atoms with E-state index in [0.717, 1.165) is 55.4 Å². The summed E-state index contributed by atoms with van der Waals surface area (Å²) < 4.78 is 5.90. The summed E-state index contributed by atoms with van der Waals surface area (Å²) in [5.74, 6) is 1.05. The summed E-state index contributed by atoms with van der Waals surface area (Å²) in [7, 11) is 0. The molecule has 1 atom stereocenters. The first kappa shape index (κ1) is 14.9. The van der Waals surface area contributed by atoms with Crippen LogP contribution in [0.2, 0.25) is 0 Å². The Morgan fingerprint density at radius 3 is 2.95 bits per heavy atom. The maximum Gasteiger partial charge on any atom is 0.128 e. The molecule has 2 aromatic heterocycles. The molecule has 0 saturated carbocycles. The Kier molecular flexibility index (Phi) is 4.63. The van der Waals surface area contributed by atoms with E-state index in [1.165, 1.54) is 0 Å². The summed E-state index contributed by atoms with van der Waals surface area (Å²) in [4.78, 5) is 15.4. The van der Waals surface area contributed by atoms with E-state index in [-0.39, 0.29) is 6.10 Å². The Morgan fingerprint density at radius 1 is 1.23 bits per heavy atom. The van der Waals surface area contributed by atoms with Crippen LogP contribution in [0.3, 0.4) is 0 Å². The number of hydrogen-bond donors (Lipinski definition) is 0. The summed E-state index contributed by atoms with van der Waals surface area (Å²) in [5, 5.41) is 0. The molecule has 1 saturated heterocycles. The van der Waals surface area contributed by atoms with Crippen LogP contribution in [-0.2, 0) is 11.2 Å². The highest BCUT2D eigenvalue weighted by atomic mass is 16.5. The van der Waals surface area contributed by atoms with Crippen molar-refractivity contribution in [1.29, 1.82) is 0 Å². The number of ether oxygens (including phenoxy) is 1. The number of morpholine rings is 1. The van der Waals surface area contributed by atoms with E-state index in [2.05, 4.69) is 32.0 Å². The first-order valence-electron chi connectivity index (χ1n) is 7.78. The van der Waals surface area contributed by atoms with Gasteiger partial charge in [-0.1, -0.05) is 6.07 Å². The maximum atomic E-state index is 5.90. The fraction of sp³-hybridized carbons (Fsp3) is 0.471.